The number of nitrogens with zero attached hydrogens (tertiary/aromatic N) is 6. The van der Waals surface area contributed by atoms with Crippen molar-refractivity contribution in [2.45, 2.75) is 138 Å². The molecule has 4 aromatic rings. The van der Waals surface area contributed by atoms with E-state index in [9.17, 15) is 9.59 Å². The van der Waals surface area contributed by atoms with Crippen molar-refractivity contribution in [1.82, 2.24) is 24.4 Å². The molecule has 6 rings (SSSR count). The van der Waals surface area contributed by atoms with Gasteiger partial charge in [0, 0.05) is 50.2 Å². The minimum Gasteiger partial charge on any atom is -0.471 e. The highest BCUT2D eigenvalue weighted by Crippen LogP contribution is 2.55. The smallest absolute Gasteiger partial charge is 0.416 e. The standard InChI is InChI=1S/C40H54ClF3N6O4S2Si/c1-22(2)57(23(3)4,24(5)6)36-30(41)16-33(55-36)56-21-28(53-32-17-45-12-13-46-32)20-49-34-29(14-27(15-31(34)56)40(42,43)44)35(47-37(49)51)48-18-25(7)50(26(8)19-48)38(52)54-39(9,10)11/h12-17,22-26,28,56H,18-21H2,1-11H3/t25-,26+,28-/m0/s1. The maximum Gasteiger partial charge on any atom is 0.416 e. The summed E-state index contributed by atoms with van der Waals surface area (Å²) in [6.45, 7) is 23.1. The Balaban J connectivity index is 1.58. The first-order chi connectivity index (χ1) is 26.5. The quantitative estimate of drug-likeness (QED) is 0.138. The number of alkyl halides is 3. The second-order valence-corrected chi connectivity index (χ2v) is 27.4. The zero-order valence-electron chi connectivity index (χ0n) is 34.4. The van der Waals surface area contributed by atoms with Crippen LogP contribution in [0.2, 0.25) is 21.6 Å². The third-order valence-corrected chi connectivity index (χ3v) is 24.0. The fraction of sp³-hybridized carbons (Fsp3) is 0.575. The van der Waals surface area contributed by atoms with Crippen LogP contribution in [0.25, 0.3) is 10.9 Å². The summed E-state index contributed by atoms with van der Waals surface area (Å²) in [6.07, 6.45) is -1.33. The average molecular weight is 868 g/mol. The molecule has 312 valence electrons. The molecular weight excluding hydrogens is 813 g/mol. The van der Waals surface area contributed by atoms with E-state index in [4.69, 9.17) is 21.1 Å². The lowest BCUT2D eigenvalue weighted by Gasteiger charge is -2.45. The van der Waals surface area contributed by atoms with Crippen LogP contribution < -0.4 is 19.8 Å². The molecule has 0 aliphatic carbocycles. The lowest BCUT2D eigenvalue weighted by Crippen LogP contribution is -2.59. The molecule has 5 heterocycles. The lowest BCUT2D eigenvalue weighted by atomic mass is 10.1. The van der Waals surface area contributed by atoms with E-state index < -0.39 is 66.3 Å². The van der Waals surface area contributed by atoms with E-state index in [0.29, 0.717) is 37.8 Å². The Hall–Kier alpha value is -3.34. The Morgan fingerprint density at radius 2 is 1.61 bits per heavy atom. The molecule has 1 fully saturated rings. The zero-order chi connectivity index (χ0) is 41.9. The molecule has 0 N–H and O–H groups in total. The van der Waals surface area contributed by atoms with E-state index in [1.807, 2.05) is 24.8 Å². The number of thiol groups is 1. The summed E-state index contributed by atoms with van der Waals surface area (Å²) in [5.74, 6) is 0.701. The fourth-order valence-electron chi connectivity index (χ4n) is 9.27. The van der Waals surface area contributed by atoms with Crippen LogP contribution in [0.4, 0.5) is 23.8 Å². The van der Waals surface area contributed by atoms with Gasteiger partial charge in [-0.3, -0.25) is 14.5 Å². The molecule has 1 aromatic carbocycles. The number of piperazine rings is 1. The normalized spacial score (nSPS) is 21.4. The van der Waals surface area contributed by atoms with E-state index in [-0.39, 0.29) is 36.7 Å². The SMILES string of the molecule is CC(C)[Si](c1sc([SH]2C[C@@H](Oc3cnccn3)Cn3c(=O)nc(N4C[C@@H](C)N(C(=O)OC(C)(C)C)[C@@H](C)C4)c4cc(C(F)(F)F)cc2c43)cc1Cl)(C(C)C)C(C)C. The van der Waals surface area contributed by atoms with E-state index in [2.05, 4.69) is 56.5 Å². The van der Waals surface area contributed by atoms with E-state index in [1.165, 1.54) is 29.2 Å². The highest BCUT2D eigenvalue weighted by molar-refractivity contribution is 8.18. The molecule has 10 nitrogen and oxygen atoms in total. The van der Waals surface area contributed by atoms with E-state index >= 15 is 13.2 Å². The highest BCUT2D eigenvalue weighted by Gasteiger charge is 2.48. The Morgan fingerprint density at radius 1 is 0.982 bits per heavy atom. The second kappa shape index (κ2) is 16.0. The third kappa shape index (κ3) is 8.29. The summed E-state index contributed by atoms with van der Waals surface area (Å²) in [6, 6.07) is 3.50. The number of amides is 1. The molecule has 2 aliphatic heterocycles. The van der Waals surface area contributed by atoms with Gasteiger partial charge in [-0.1, -0.05) is 53.1 Å². The largest absolute Gasteiger partial charge is 0.471 e. The van der Waals surface area contributed by atoms with Crippen molar-refractivity contribution in [1.29, 1.82) is 0 Å². The number of carbonyl (C=O) groups is 1. The van der Waals surface area contributed by atoms with E-state index in [0.717, 1.165) is 14.8 Å². The molecule has 0 radical (unpaired) electrons. The number of anilines is 1. The summed E-state index contributed by atoms with van der Waals surface area (Å²) in [7, 11) is -3.86. The minimum atomic E-state index is -4.70. The summed E-state index contributed by atoms with van der Waals surface area (Å²) >= 11 is 8.88. The first-order valence-corrected chi connectivity index (χ1v) is 24.4. The van der Waals surface area contributed by atoms with Gasteiger partial charge in [0.15, 0.2) is 0 Å². The second-order valence-electron chi connectivity index (χ2n) is 17.3. The van der Waals surface area contributed by atoms with Crippen LogP contribution in [0.15, 0.2) is 50.7 Å². The number of thiophene rings is 1. The van der Waals surface area contributed by atoms with Gasteiger partial charge in [0.2, 0.25) is 5.88 Å². The molecule has 17 heteroatoms. The van der Waals surface area contributed by atoms with Crippen molar-refractivity contribution in [3.05, 3.63) is 57.9 Å². The Labute approximate surface area is 345 Å². The molecule has 0 bridgehead atoms. The van der Waals surface area contributed by atoms with Crippen LogP contribution in [0.5, 0.6) is 5.88 Å². The predicted molar refractivity (Wildman–Crippen MR) is 227 cm³/mol. The summed E-state index contributed by atoms with van der Waals surface area (Å²) in [4.78, 5) is 44.5. The van der Waals surface area contributed by atoms with Gasteiger partial charge in [0.1, 0.15) is 25.6 Å². The molecule has 3 aromatic heterocycles. The summed E-state index contributed by atoms with van der Waals surface area (Å²) < 4.78 is 60.9. The summed E-state index contributed by atoms with van der Waals surface area (Å²) in [5, 5.41) is 0.869. The zero-order valence-corrected chi connectivity index (χ0v) is 37.9. The average Bonchev–Trinajstić information content (AvgIpc) is 3.38. The van der Waals surface area contributed by atoms with Gasteiger partial charge >= 0.3 is 18.0 Å². The number of ether oxygens (including phenoxy) is 2. The van der Waals surface area contributed by atoms with Crippen LogP contribution in [-0.2, 0) is 17.5 Å². The van der Waals surface area contributed by atoms with Crippen molar-refractivity contribution < 1.29 is 27.4 Å². The predicted octanol–water partition coefficient (Wildman–Crippen LogP) is 9.52. The molecule has 4 atom stereocenters. The molecule has 2 aliphatic rings. The maximum atomic E-state index is 15.1. The van der Waals surface area contributed by atoms with Crippen molar-refractivity contribution in [3.8, 4) is 5.88 Å². The molecule has 57 heavy (non-hydrogen) atoms. The Kier molecular flexibility index (Phi) is 12.2. The Morgan fingerprint density at radius 3 is 2.16 bits per heavy atom. The van der Waals surface area contributed by atoms with Crippen molar-refractivity contribution in [2.75, 3.05) is 23.7 Å². The molecule has 0 spiro atoms. The first kappa shape index (κ1) is 43.2. The van der Waals surface area contributed by atoms with Gasteiger partial charge in [-0.25, -0.2) is 14.6 Å². The fourth-order valence-corrected chi connectivity index (χ4v) is 23.7. The molecule has 0 saturated carbocycles. The topological polar surface area (TPSA) is 103 Å². The van der Waals surface area contributed by atoms with Gasteiger partial charge in [-0.15, -0.1) is 11.3 Å². The number of hydrogen-bond acceptors (Lipinski definition) is 9. The molecule has 1 amide bonds. The van der Waals surface area contributed by atoms with Gasteiger partial charge in [-0.2, -0.15) is 29.1 Å². The maximum absolute atomic E-state index is 15.1. The third-order valence-electron chi connectivity index (χ3n) is 11.3. The Bertz CT molecular complexity index is 2140. The lowest BCUT2D eigenvalue weighted by molar-refractivity contribution is -0.137. The van der Waals surface area contributed by atoms with Crippen LogP contribution in [0.1, 0.15) is 81.7 Å². The van der Waals surface area contributed by atoms with Crippen molar-refractivity contribution in [2.24, 2.45) is 0 Å². The van der Waals surface area contributed by atoms with Crippen LogP contribution >= 0.6 is 33.8 Å². The van der Waals surface area contributed by atoms with Gasteiger partial charge in [0.05, 0.1) is 40.9 Å². The monoisotopic (exact) mass is 866 g/mol. The number of benzene rings is 1. The number of aromatic nitrogens is 4. The minimum absolute atomic E-state index is 0.0320. The van der Waals surface area contributed by atoms with Crippen molar-refractivity contribution >= 4 is 69.2 Å². The van der Waals surface area contributed by atoms with Crippen LogP contribution in [-0.4, -0.2) is 81.2 Å². The number of carbonyl (C=O) groups excluding carboxylic acids is 1. The molecular formula is C40H54ClF3N6O4S2Si. The number of hydrogen-bond donors (Lipinski definition) is 1. The number of halogens is 4. The van der Waals surface area contributed by atoms with Crippen molar-refractivity contribution in [3.63, 3.8) is 0 Å². The van der Waals surface area contributed by atoms with Crippen LogP contribution in [0, 0.1) is 0 Å². The first-order valence-electron chi connectivity index (χ1n) is 19.5. The molecule has 1 unspecified atom stereocenters. The summed E-state index contributed by atoms with van der Waals surface area (Å²) in [5.41, 5.74) is -0.690. The van der Waals surface area contributed by atoms with E-state index in [1.54, 1.807) is 37.0 Å². The molecule has 1 saturated heterocycles. The highest BCUT2D eigenvalue weighted by atomic mass is 35.5. The van der Waals surface area contributed by atoms with Gasteiger partial charge < -0.3 is 14.4 Å². The number of rotatable bonds is 8. The van der Waals surface area contributed by atoms with Crippen LogP contribution in [0.3, 0.4) is 0 Å². The van der Waals surface area contributed by atoms with Gasteiger partial charge in [-0.05, 0) is 69.4 Å². The van der Waals surface area contributed by atoms with Gasteiger partial charge in [0.25, 0.3) is 0 Å².